The molecule has 2 atom stereocenters. The number of benzene rings is 3. The highest BCUT2D eigenvalue weighted by Crippen LogP contribution is 2.77. The minimum atomic E-state index is -1.23. The molecule has 26 heavy (non-hydrogen) atoms. The Labute approximate surface area is 155 Å². The molecule has 0 aromatic heterocycles. The van der Waals surface area contributed by atoms with Crippen LogP contribution in [0, 0.1) is 5.92 Å². The predicted octanol–water partition coefficient (Wildman–Crippen LogP) is 4.64. The first-order valence-corrected chi connectivity index (χ1v) is 9.07. The molecule has 3 aliphatic rings. The van der Waals surface area contributed by atoms with E-state index >= 15 is 0 Å². The van der Waals surface area contributed by atoms with Gasteiger partial charge in [-0.25, -0.2) is 0 Å². The number of ketones is 2. The topological polar surface area (TPSA) is 34.1 Å². The lowest BCUT2D eigenvalue weighted by Gasteiger charge is -2.18. The third-order valence-corrected chi connectivity index (χ3v) is 7.03. The SMILES string of the molecule is O=C1c2ccccc2C(=O)C2(Cl)C1C21c2ccccc2-c2ccccc21. The van der Waals surface area contributed by atoms with E-state index in [1.807, 2.05) is 36.4 Å². The maximum Gasteiger partial charge on any atom is 0.186 e. The number of Topliss-reactive ketones (excluding diaryl/α,β-unsaturated/α-hetero) is 2. The first-order chi connectivity index (χ1) is 12.6. The van der Waals surface area contributed by atoms with Crippen molar-refractivity contribution in [3.05, 3.63) is 95.1 Å². The Morgan fingerprint density at radius 3 is 1.69 bits per heavy atom. The number of halogens is 1. The zero-order valence-electron chi connectivity index (χ0n) is 13.7. The molecule has 0 radical (unpaired) electrons. The van der Waals surface area contributed by atoms with E-state index in [2.05, 4.69) is 12.1 Å². The summed E-state index contributed by atoms with van der Waals surface area (Å²) in [5.41, 5.74) is 4.31. The largest absolute Gasteiger partial charge is 0.294 e. The van der Waals surface area contributed by atoms with Crippen LogP contribution in [0.4, 0.5) is 0 Å². The molecule has 0 saturated heterocycles. The molecular formula is C23H13ClO2. The van der Waals surface area contributed by atoms with Crippen LogP contribution in [0.1, 0.15) is 31.8 Å². The Bertz CT molecular complexity index is 1120. The molecule has 3 aromatic carbocycles. The summed E-state index contributed by atoms with van der Waals surface area (Å²) >= 11 is 7.07. The van der Waals surface area contributed by atoms with E-state index in [4.69, 9.17) is 11.6 Å². The summed E-state index contributed by atoms with van der Waals surface area (Å²) < 4.78 is 0. The molecule has 3 aromatic rings. The van der Waals surface area contributed by atoms with Crippen LogP contribution in [0.2, 0.25) is 0 Å². The van der Waals surface area contributed by atoms with Crippen LogP contribution in [-0.4, -0.2) is 16.4 Å². The van der Waals surface area contributed by atoms with Crippen molar-refractivity contribution in [3.63, 3.8) is 0 Å². The lowest BCUT2D eigenvalue weighted by Crippen LogP contribution is -2.31. The summed E-state index contributed by atoms with van der Waals surface area (Å²) in [6.07, 6.45) is 0. The van der Waals surface area contributed by atoms with E-state index in [0.29, 0.717) is 11.1 Å². The number of carbonyl (C=O) groups excluding carboxylic acids is 2. The van der Waals surface area contributed by atoms with E-state index in [-0.39, 0.29) is 11.6 Å². The fourth-order valence-electron chi connectivity index (χ4n) is 5.35. The number of rotatable bonds is 0. The number of fused-ring (bicyclic) bond motifs is 9. The van der Waals surface area contributed by atoms with E-state index < -0.39 is 16.2 Å². The van der Waals surface area contributed by atoms with Crippen molar-refractivity contribution in [3.8, 4) is 11.1 Å². The van der Waals surface area contributed by atoms with Crippen LogP contribution >= 0.6 is 11.6 Å². The normalized spacial score (nSPS) is 26.1. The second-order valence-corrected chi connectivity index (χ2v) is 7.88. The van der Waals surface area contributed by atoms with Gasteiger partial charge in [-0.3, -0.25) is 9.59 Å². The van der Waals surface area contributed by atoms with Gasteiger partial charge in [0.25, 0.3) is 0 Å². The van der Waals surface area contributed by atoms with Gasteiger partial charge in [0.05, 0.1) is 11.3 Å². The molecule has 1 saturated carbocycles. The lowest BCUT2D eigenvalue weighted by atomic mass is 9.88. The first-order valence-electron chi connectivity index (χ1n) is 8.70. The molecular weight excluding hydrogens is 344 g/mol. The maximum atomic E-state index is 13.4. The lowest BCUT2D eigenvalue weighted by molar-refractivity contribution is 0.0888. The van der Waals surface area contributed by atoms with Gasteiger partial charge in [-0.15, -0.1) is 11.6 Å². The second-order valence-electron chi connectivity index (χ2n) is 7.28. The summed E-state index contributed by atoms with van der Waals surface area (Å²) in [6, 6.07) is 23.1. The van der Waals surface area contributed by atoms with Crippen molar-refractivity contribution in [1.29, 1.82) is 0 Å². The molecule has 3 heteroatoms. The monoisotopic (exact) mass is 356 g/mol. The van der Waals surface area contributed by atoms with E-state index in [1.165, 1.54) is 0 Å². The van der Waals surface area contributed by atoms with Crippen LogP contribution in [0.3, 0.4) is 0 Å². The highest BCUT2D eigenvalue weighted by atomic mass is 35.5. The van der Waals surface area contributed by atoms with Crippen molar-refractivity contribution in [2.45, 2.75) is 10.3 Å². The number of alkyl halides is 1. The molecule has 0 aliphatic heterocycles. The van der Waals surface area contributed by atoms with Crippen molar-refractivity contribution in [2.75, 3.05) is 0 Å². The van der Waals surface area contributed by atoms with Gasteiger partial charge in [0, 0.05) is 11.1 Å². The molecule has 1 fully saturated rings. The Balaban J connectivity index is 1.72. The minimum absolute atomic E-state index is 0.0262. The van der Waals surface area contributed by atoms with Gasteiger partial charge in [-0.2, -0.15) is 0 Å². The smallest absolute Gasteiger partial charge is 0.186 e. The summed E-state index contributed by atoms with van der Waals surface area (Å²) in [7, 11) is 0. The zero-order valence-corrected chi connectivity index (χ0v) is 14.5. The molecule has 3 aliphatic carbocycles. The fraction of sp³-hybridized carbons (Fsp3) is 0.130. The Hall–Kier alpha value is -2.71. The van der Waals surface area contributed by atoms with Gasteiger partial charge < -0.3 is 0 Å². The number of carbonyl (C=O) groups is 2. The van der Waals surface area contributed by atoms with Gasteiger partial charge in [-0.05, 0) is 22.3 Å². The predicted molar refractivity (Wildman–Crippen MR) is 99.8 cm³/mol. The summed E-state index contributed by atoms with van der Waals surface area (Å²) in [5.74, 6) is -0.712. The molecule has 0 bridgehead atoms. The van der Waals surface area contributed by atoms with Crippen LogP contribution in [0.15, 0.2) is 72.8 Å². The Morgan fingerprint density at radius 2 is 1.12 bits per heavy atom. The summed E-state index contributed by atoms with van der Waals surface area (Å²) in [5, 5.41) is 0. The van der Waals surface area contributed by atoms with Gasteiger partial charge >= 0.3 is 0 Å². The van der Waals surface area contributed by atoms with Gasteiger partial charge in [0.15, 0.2) is 11.6 Å². The van der Waals surface area contributed by atoms with Crippen LogP contribution < -0.4 is 0 Å². The van der Waals surface area contributed by atoms with Crippen molar-refractivity contribution < 1.29 is 9.59 Å². The standard InChI is InChI=1S/C23H13ClO2/c24-23-20(19(25)15-9-1-2-10-16(15)21(23)26)22(23)17-11-5-3-7-13(17)14-8-4-6-12-18(14)22/h1-12,20H. The zero-order chi connectivity index (χ0) is 17.7. The summed E-state index contributed by atoms with van der Waals surface area (Å²) in [4.78, 5) is 25.5. The molecule has 0 amide bonds. The third-order valence-electron chi connectivity index (χ3n) is 6.35. The molecule has 0 N–H and O–H groups in total. The van der Waals surface area contributed by atoms with E-state index in [0.717, 1.165) is 22.3 Å². The molecule has 2 nitrogen and oxygen atoms in total. The first kappa shape index (κ1) is 14.5. The van der Waals surface area contributed by atoms with E-state index in [1.54, 1.807) is 24.3 Å². The van der Waals surface area contributed by atoms with Crippen molar-refractivity contribution in [1.82, 2.24) is 0 Å². The van der Waals surface area contributed by atoms with Gasteiger partial charge in [-0.1, -0.05) is 72.8 Å². The fourth-order valence-corrected chi connectivity index (χ4v) is 5.97. The van der Waals surface area contributed by atoms with Crippen molar-refractivity contribution in [2.24, 2.45) is 5.92 Å². The highest BCUT2D eigenvalue weighted by molar-refractivity contribution is 6.49. The maximum absolute atomic E-state index is 13.4. The third kappa shape index (κ3) is 1.26. The highest BCUT2D eigenvalue weighted by Gasteiger charge is 2.86. The Kier molecular flexibility index (Phi) is 2.41. The molecule has 6 rings (SSSR count). The minimum Gasteiger partial charge on any atom is -0.294 e. The quantitative estimate of drug-likeness (QED) is 0.550. The van der Waals surface area contributed by atoms with Crippen LogP contribution in [0.5, 0.6) is 0 Å². The van der Waals surface area contributed by atoms with Crippen LogP contribution in [-0.2, 0) is 5.41 Å². The Morgan fingerprint density at radius 1 is 0.654 bits per heavy atom. The van der Waals surface area contributed by atoms with Gasteiger partial charge in [0.2, 0.25) is 0 Å². The number of hydrogen-bond acceptors (Lipinski definition) is 2. The second kappa shape index (κ2) is 4.33. The number of hydrogen-bond donors (Lipinski definition) is 0. The van der Waals surface area contributed by atoms with Crippen LogP contribution in [0.25, 0.3) is 11.1 Å². The molecule has 124 valence electrons. The van der Waals surface area contributed by atoms with Crippen molar-refractivity contribution >= 4 is 23.2 Å². The summed E-state index contributed by atoms with van der Waals surface area (Å²) in [6.45, 7) is 0. The average Bonchev–Trinajstić information content (AvgIpc) is 3.15. The molecule has 1 spiro atoms. The molecule has 2 unspecified atom stereocenters. The molecule has 0 heterocycles. The average molecular weight is 357 g/mol. The van der Waals surface area contributed by atoms with Gasteiger partial charge in [0.1, 0.15) is 4.87 Å². The van der Waals surface area contributed by atoms with E-state index in [9.17, 15) is 9.59 Å².